The van der Waals surface area contributed by atoms with Gasteiger partial charge in [0.25, 0.3) is 0 Å². The molecule has 0 radical (unpaired) electrons. The SMILES string of the molecule is [O-]P([O-])(=S)Cl. The van der Waals surface area contributed by atoms with Crippen LogP contribution in [-0.4, -0.2) is 0 Å². The molecule has 0 saturated carbocycles. The van der Waals surface area contributed by atoms with Gasteiger partial charge in [0, 0.05) is 0 Å². The number of halogens is 1. The third kappa shape index (κ3) is 53.7. The molecule has 0 unspecified atom stereocenters. The number of hydrogen-bond donors (Lipinski definition) is 0. The molecule has 0 atom stereocenters. The summed E-state index contributed by atoms with van der Waals surface area (Å²) in [5.74, 6) is -3.83. The Kier molecular flexibility index (Phi) is 1.80. The van der Waals surface area contributed by atoms with Gasteiger partial charge in [0.05, 0.1) is 0 Å². The third-order valence-corrected chi connectivity index (χ3v) is 0. The van der Waals surface area contributed by atoms with Crippen molar-refractivity contribution in [3.05, 3.63) is 0 Å². The second-order valence-electron chi connectivity index (χ2n) is 0.431. The molecule has 0 spiro atoms. The van der Waals surface area contributed by atoms with Crippen molar-refractivity contribution in [1.82, 2.24) is 0 Å². The van der Waals surface area contributed by atoms with E-state index in [1.807, 2.05) is 0 Å². The van der Waals surface area contributed by atoms with Gasteiger partial charge in [-0.3, -0.25) is 0 Å². The van der Waals surface area contributed by atoms with Gasteiger partial charge in [-0.25, -0.2) is 0 Å². The van der Waals surface area contributed by atoms with Crippen molar-refractivity contribution in [3.8, 4) is 0 Å². The van der Waals surface area contributed by atoms with Gasteiger partial charge in [-0.15, -0.1) is 28.9 Å². The molecule has 5 heteroatoms. The van der Waals surface area contributed by atoms with Crippen LogP contribution in [0.3, 0.4) is 0 Å². The minimum Gasteiger partial charge on any atom is -0.821 e. The van der Waals surface area contributed by atoms with E-state index in [0.717, 1.165) is 0 Å². The highest BCUT2D eigenvalue weighted by molar-refractivity contribution is 8.19. The second kappa shape index (κ2) is 1.54. The normalized spacial score (nSPS) is 11.8. The molecule has 5 heavy (non-hydrogen) atoms. The predicted octanol–water partition coefficient (Wildman–Crippen LogP) is -0.830. The van der Waals surface area contributed by atoms with Crippen molar-refractivity contribution in [1.29, 1.82) is 0 Å². The lowest BCUT2D eigenvalue weighted by molar-refractivity contribution is -0.285. The molecule has 0 bridgehead atoms. The third-order valence-electron chi connectivity index (χ3n) is 0. The Hall–Kier alpha value is 0.860. The van der Waals surface area contributed by atoms with Crippen LogP contribution in [0.4, 0.5) is 0 Å². The first-order valence-corrected chi connectivity index (χ1v) is 4.26. The van der Waals surface area contributed by atoms with Crippen LogP contribution in [0.2, 0.25) is 0 Å². The Morgan fingerprint density at radius 2 is 1.60 bits per heavy atom. The fourth-order valence-corrected chi connectivity index (χ4v) is 0. The highest BCUT2D eigenvalue weighted by atomic mass is 35.7. The Bertz CT molecular complexity index is 55.8. The summed E-state index contributed by atoms with van der Waals surface area (Å²) in [4.78, 5) is 18.5. The lowest BCUT2D eigenvalue weighted by atomic mass is 15.9. The fraction of sp³-hybridized carbons (Fsp3) is 0. The molecule has 0 saturated heterocycles. The molecule has 2 nitrogen and oxygen atoms in total. The van der Waals surface area contributed by atoms with Crippen molar-refractivity contribution in [2.75, 3.05) is 0 Å². The molecule has 0 N–H and O–H groups in total. The topological polar surface area (TPSA) is 46.1 Å². The maximum absolute atomic E-state index is 9.24. The van der Waals surface area contributed by atoms with Gasteiger partial charge >= 0.3 is 0 Å². The summed E-state index contributed by atoms with van der Waals surface area (Å²) in [6, 6.07) is 0. The van der Waals surface area contributed by atoms with Gasteiger partial charge in [0.15, 0.2) is 0 Å². The van der Waals surface area contributed by atoms with Crippen LogP contribution in [0.25, 0.3) is 0 Å². The average molecular weight is 130 g/mol. The molecule has 0 rings (SSSR count). The standard InChI is InChI=1S/ClH2O2PS/c1-4(2,3)5/h(H2,2,3,5)/p-2. The van der Waals surface area contributed by atoms with Crippen LogP contribution in [0.1, 0.15) is 0 Å². The summed E-state index contributed by atoms with van der Waals surface area (Å²) >= 11 is 7.94. The first-order valence-electron chi connectivity index (χ1n) is 0.717. The van der Waals surface area contributed by atoms with E-state index in [1.165, 1.54) is 0 Å². The van der Waals surface area contributed by atoms with Crippen LogP contribution in [0, 0.1) is 0 Å². The van der Waals surface area contributed by atoms with Crippen LogP contribution in [-0.2, 0) is 11.8 Å². The quantitative estimate of drug-likeness (QED) is 0.402. The Labute approximate surface area is 39.4 Å². The second-order valence-corrected chi connectivity index (χ2v) is 4.67. The maximum Gasteiger partial charge on any atom is -0.115 e. The lowest BCUT2D eigenvalue weighted by Crippen LogP contribution is -2.05. The highest BCUT2D eigenvalue weighted by Crippen LogP contribution is 2.28. The van der Waals surface area contributed by atoms with E-state index in [2.05, 4.69) is 23.0 Å². The summed E-state index contributed by atoms with van der Waals surface area (Å²) in [7, 11) is 0. The van der Waals surface area contributed by atoms with Crippen molar-refractivity contribution in [3.63, 3.8) is 0 Å². The first-order chi connectivity index (χ1) is 2.00. The molecule has 0 aromatic rings. The van der Waals surface area contributed by atoms with Crippen molar-refractivity contribution in [2.45, 2.75) is 0 Å². The lowest BCUT2D eigenvalue weighted by Gasteiger charge is -2.24. The Morgan fingerprint density at radius 1 is 1.60 bits per heavy atom. The van der Waals surface area contributed by atoms with E-state index in [-0.39, 0.29) is 0 Å². The molecule has 0 heterocycles. The molecule has 0 amide bonds. The monoisotopic (exact) mass is 130 g/mol. The van der Waals surface area contributed by atoms with Gasteiger partial charge in [-0.1, -0.05) is 0 Å². The van der Waals surface area contributed by atoms with Gasteiger partial charge in [-0.05, 0) is 0 Å². The molecule has 0 aliphatic carbocycles. The fourth-order valence-electron chi connectivity index (χ4n) is 0. The van der Waals surface area contributed by atoms with Gasteiger partial charge in [-0.2, -0.15) is 0 Å². The zero-order valence-corrected chi connectivity index (χ0v) is 4.52. The first kappa shape index (κ1) is 5.86. The number of rotatable bonds is 0. The van der Waals surface area contributed by atoms with Crippen molar-refractivity contribution >= 4 is 28.9 Å². The van der Waals surface area contributed by atoms with Gasteiger partial charge < -0.3 is 9.79 Å². The van der Waals surface area contributed by atoms with E-state index in [0.29, 0.717) is 0 Å². The van der Waals surface area contributed by atoms with E-state index in [9.17, 15) is 9.79 Å². The zero-order valence-electron chi connectivity index (χ0n) is 2.05. The van der Waals surface area contributed by atoms with Crippen LogP contribution >= 0.6 is 17.1 Å². The van der Waals surface area contributed by atoms with E-state index in [1.54, 1.807) is 0 Å². The molecular formula is ClO2PS-2. The summed E-state index contributed by atoms with van der Waals surface area (Å²) in [5.41, 5.74) is 0. The Morgan fingerprint density at radius 3 is 1.60 bits per heavy atom. The summed E-state index contributed by atoms with van der Waals surface area (Å²) in [5, 5.41) is 0. The average Bonchev–Trinajstić information content (AvgIpc) is 0.722. The minimum absolute atomic E-state index is 3.59. The molecule has 0 aliphatic heterocycles. The van der Waals surface area contributed by atoms with E-state index in [4.69, 9.17) is 0 Å². The van der Waals surface area contributed by atoms with Crippen molar-refractivity contribution in [2.24, 2.45) is 0 Å². The largest absolute Gasteiger partial charge is 0.821 e. The zero-order chi connectivity index (χ0) is 4.50. The van der Waals surface area contributed by atoms with Gasteiger partial charge in [0.1, 0.15) is 0 Å². The van der Waals surface area contributed by atoms with E-state index >= 15 is 0 Å². The van der Waals surface area contributed by atoms with Crippen LogP contribution in [0.15, 0.2) is 0 Å². The smallest absolute Gasteiger partial charge is 0.115 e. The molecule has 32 valence electrons. The van der Waals surface area contributed by atoms with Crippen LogP contribution in [0.5, 0.6) is 0 Å². The molecule has 0 aromatic heterocycles. The Balaban J connectivity index is 3.47. The van der Waals surface area contributed by atoms with Crippen LogP contribution < -0.4 is 9.79 Å². The predicted molar refractivity (Wildman–Crippen MR) is 20.1 cm³/mol. The summed E-state index contributed by atoms with van der Waals surface area (Å²) in [6.45, 7) is 0. The van der Waals surface area contributed by atoms with E-state index < -0.39 is 5.84 Å². The summed E-state index contributed by atoms with van der Waals surface area (Å²) < 4.78 is 0. The molecule has 0 aliphatic rings. The van der Waals surface area contributed by atoms with Gasteiger partial charge in [0.2, 0.25) is 0 Å². The number of hydrogen-bond acceptors (Lipinski definition) is 3. The van der Waals surface area contributed by atoms with Crippen molar-refractivity contribution < 1.29 is 9.79 Å². The minimum atomic E-state index is -3.83. The maximum atomic E-state index is 9.24. The summed E-state index contributed by atoms with van der Waals surface area (Å²) in [6.07, 6.45) is 0. The molecular weight excluding hydrogens is 130 g/mol. The highest BCUT2D eigenvalue weighted by Gasteiger charge is 1.59. The molecule has 0 fully saturated rings. The molecule has 0 aromatic carbocycles.